The summed E-state index contributed by atoms with van der Waals surface area (Å²) in [5, 5.41) is 3.50. The average Bonchev–Trinajstić information content (AvgIpc) is 2.52. The Bertz CT molecular complexity index is 489. The summed E-state index contributed by atoms with van der Waals surface area (Å²) in [6.07, 6.45) is 9.45. The van der Waals surface area contributed by atoms with E-state index in [4.69, 9.17) is 5.73 Å². The van der Waals surface area contributed by atoms with Gasteiger partial charge in [-0.3, -0.25) is 9.59 Å². The van der Waals surface area contributed by atoms with E-state index in [2.05, 4.69) is 12.2 Å². The Morgan fingerprint density at radius 2 is 1.54 bits per heavy atom. The number of rotatable bonds is 4. The van der Waals surface area contributed by atoms with Crippen LogP contribution in [0.3, 0.4) is 0 Å². The van der Waals surface area contributed by atoms with Crippen LogP contribution in [0.5, 0.6) is 0 Å². The van der Waals surface area contributed by atoms with Crippen LogP contribution in [0.25, 0.3) is 0 Å². The Hall–Kier alpha value is -1.10. The molecule has 1 saturated heterocycles. The largest absolute Gasteiger partial charge is 0.369 e. The summed E-state index contributed by atoms with van der Waals surface area (Å²) in [4.78, 5) is 25.5. The Kier molecular flexibility index (Phi) is 4.10. The monoisotopic (exact) mass is 334 g/mol. The maximum atomic E-state index is 12.9. The van der Waals surface area contributed by atoms with Gasteiger partial charge in [-0.15, -0.1) is 0 Å². The van der Waals surface area contributed by atoms with E-state index in [1.165, 1.54) is 43.4 Å². The number of amides is 2. The van der Waals surface area contributed by atoms with Gasteiger partial charge in [0.15, 0.2) is 6.04 Å². The fourth-order valence-corrected chi connectivity index (χ4v) is 6.52. The van der Waals surface area contributed by atoms with Crippen LogP contribution in [-0.4, -0.2) is 36.5 Å². The zero-order valence-corrected chi connectivity index (χ0v) is 14.9. The SMILES string of the molecule is C[C@@H](C(=O)NC12CC3CC(CC(C3)C1)C2)[NH+]1CCC(C(N)=O)CC1. The number of quaternary nitrogens is 1. The van der Waals surface area contributed by atoms with Crippen molar-refractivity contribution in [3.05, 3.63) is 0 Å². The lowest BCUT2D eigenvalue weighted by Gasteiger charge is -2.57. The van der Waals surface area contributed by atoms with E-state index in [1.54, 1.807) is 0 Å². The summed E-state index contributed by atoms with van der Waals surface area (Å²) in [6.45, 7) is 3.81. The van der Waals surface area contributed by atoms with Crippen LogP contribution in [0.1, 0.15) is 58.3 Å². The van der Waals surface area contributed by atoms with Crippen LogP contribution in [0.2, 0.25) is 0 Å². The highest BCUT2D eigenvalue weighted by Gasteiger charge is 2.52. The third-order valence-corrected chi connectivity index (χ3v) is 7.46. The second kappa shape index (κ2) is 6.01. The van der Waals surface area contributed by atoms with Gasteiger partial charge in [-0.25, -0.2) is 0 Å². The zero-order chi connectivity index (χ0) is 16.9. The molecule has 0 aromatic rings. The Labute approximate surface area is 144 Å². The third-order valence-electron chi connectivity index (χ3n) is 7.46. The number of carbonyl (C=O) groups is 2. The van der Waals surface area contributed by atoms with Gasteiger partial charge >= 0.3 is 0 Å². The second-order valence-electron chi connectivity index (χ2n) is 9.24. The average molecular weight is 334 g/mol. The molecule has 5 heteroatoms. The normalized spacial score (nSPS) is 45.0. The molecule has 4 aliphatic carbocycles. The number of hydrogen-bond donors (Lipinski definition) is 3. The van der Waals surface area contributed by atoms with Gasteiger partial charge < -0.3 is 16.0 Å². The lowest BCUT2D eigenvalue weighted by Crippen LogP contribution is -3.17. The molecule has 5 nitrogen and oxygen atoms in total. The molecule has 4 saturated carbocycles. The van der Waals surface area contributed by atoms with Gasteiger partial charge in [0, 0.05) is 24.3 Å². The molecule has 1 atom stereocenters. The smallest absolute Gasteiger partial charge is 0.278 e. The summed E-state index contributed by atoms with van der Waals surface area (Å²) in [5.74, 6) is 2.61. The lowest BCUT2D eigenvalue weighted by atomic mass is 9.53. The molecular formula is C19H32N3O2+. The summed E-state index contributed by atoms with van der Waals surface area (Å²) in [6, 6.07) is -0.0215. The molecule has 2 amide bonds. The van der Waals surface area contributed by atoms with Crippen molar-refractivity contribution in [1.82, 2.24) is 5.32 Å². The molecule has 0 spiro atoms. The minimum atomic E-state index is -0.181. The van der Waals surface area contributed by atoms with E-state index in [9.17, 15) is 9.59 Å². The highest BCUT2D eigenvalue weighted by atomic mass is 16.2. The highest BCUT2D eigenvalue weighted by molar-refractivity contribution is 5.81. The first-order valence-corrected chi connectivity index (χ1v) is 9.90. The van der Waals surface area contributed by atoms with Crippen molar-refractivity contribution < 1.29 is 14.5 Å². The molecule has 0 aromatic carbocycles. The third kappa shape index (κ3) is 2.96. The van der Waals surface area contributed by atoms with Crippen molar-refractivity contribution in [2.75, 3.05) is 13.1 Å². The number of carbonyl (C=O) groups excluding carboxylic acids is 2. The van der Waals surface area contributed by atoms with Crippen LogP contribution in [0.15, 0.2) is 0 Å². The molecule has 0 unspecified atom stereocenters. The van der Waals surface area contributed by atoms with Crippen molar-refractivity contribution in [1.29, 1.82) is 0 Å². The van der Waals surface area contributed by atoms with Crippen molar-refractivity contribution in [2.24, 2.45) is 29.4 Å². The van der Waals surface area contributed by atoms with E-state index in [1.807, 2.05) is 0 Å². The van der Waals surface area contributed by atoms with Gasteiger partial charge in [-0.2, -0.15) is 0 Å². The van der Waals surface area contributed by atoms with E-state index in [0.29, 0.717) is 0 Å². The Balaban J connectivity index is 1.35. The molecule has 1 heterocycles. The van der Waals surface area contributed by atoms with Crippen LogP contribution in [0, 0.1) is 23.7 Å². The molecule has 5 fully saturated rings. The first kappa shape index (κ1) is 16.4. The van der Waals surface area contributed by atoms with Gasteiger partial charge in [-0.1, -0.05) is 0 Å². The number of hydrogen-bond acceptors (Lipinski definition) is 2. The number of nitrogens with one attached hydrogen (secondary N) is 2. The van der Waals surface area contributed by atoms with Gasteiger partial charge in [0.05, 0.1) is 13.1 Å². The topological polar surface area (TPSA) is 76.6 Å². The first-order valence-electron chi connectivity index (χ1n) is 9.90. The second-order valence-corrected chi connectivity index (χ2v) is 9.24. The number of primary amides is 1. The first-order chi connectivity index (χ1) is 11.4. The molecule has 4 bridgehead atoms. The van der Waals surface area contributed by atoms with E-state index < -0.39 is 0 Å². The summed E-state index contributed by atoms with van der Waals surface area (Å²) in [5.41, 5.74) is 5.52. The fraction of sp³-hybridized carbons (Fsp3) is 0.895. The minimum Gasteiger partial charge on any atom is -0.369 e. The molecular weight excluding hydrogens is 302 g/mol. The number of nitrogens with two attached hydrogens (primary N) is 1. The summed E-state index contributed by atoms with van der Waals surface area (Å²) in [7, 11) is 0. The fourth-order valence-electron chi connectivity index (χ4n) is 6.52. The van der Waals surface area contributed by atoms with Gasteiger partial charge in [-0.05, 0) is 63.2 Å². The molecule has 0 radical (unpaired) electrons. The summed E-state index contributed by atoms with van der Waals surface area (Å²) >= 11 is 0. The van der Waals surface area contributed by atoms with Gasteiger partial charge in [0.25, 0.3) is 5.91 Å². The van der Waals surface area contributed by atoms with Crippen LogP contribution in [0.4, 0.5) is 0 Å². The minimum absolute atomic E-state index is 0.00663. The molecule has 5 aliphatic rings. The van der Waals surface area contributed by atoms with Crippen LogP contribution >= 0.6 is 0 Å². The predicted octanol–water partition coefficient (Wildman–Crippen LogP) is 0.240. The molecule has 5 rings (SSSR count). The zero-order valence-electron chi connectivity index (χ0n) is 14.9. The maximum absolute atomic E-state index is 12.9. The quantitative estimate of drug-likeness (QED) is 0.689. The Morgan fingerprint density at radius 1 is 1.04 bits per heavy atom. The standard InChI is InChI=1S/C19H31N3O2/c1-12(22-4-2-16(3-5-22)17(20)23)18(24)21-19-9-13-6-14(10-19)8-15(7-13)11-19/h12-16H,2-11H2,1H3,(H2,20,23)(H,21,24)/p+1/t12-,13?,14?,15?,19?/m0/s1. The molecule has 0 aromatic heterocycles. The molecule has 1 aliphatic heterocycles. The van der Waals surface area contributed by atoms with Gasteiger partial charge in [0.1, 0.15) is 0 Å². The predicted molar refractivity (Wildman–Crippen MR) is 91.1 cm³/mol. The number of likely N-dealkylation sites (tertiary alicyclic amines) is 1. The van der Waals surface area contributed by atoms with E-state index in [-0.39, 0.29) is 29.3 Å². The highest BCUT2D eigenvalue weighted by Crippen LogP contribution is 2.55. The van der Waals surface area contributed by atoms with Crippen molar-refractivity contribution in [3.8, 4) is 0 Å². The van der Waals surface area contributed by atoms with Crippen molar-refractivity contribution in [2.45, 2.75) is 69.9 Å². The van der Waals surface area contributed by atoms with Crippen LogP contribution < -0.4 is 16.0 Å². The molecule has 24 heavy (non-hydrogen) atoms. The number of piperidine rings is 1. The maximum Gasteiger partial charge on any atom is 0.278 e. The van der Waals surface area contributed by atoms with Gasteiger partial charge in [0.2, 0.25) is 5.91 Å². The van der Waals surface area contributed by atoms with E-state index >= 15 is 0 Å². The molecule has 4 N–H and O–H groups in total. The van der Waals surface area contributed by atoms with E-state index in [0.717, 1.165) is 43.7 Å². The summed E-state index contributed by atoms with van der Waals surface area (Å²) < 4.78 is 0. The molecule has 134 valence electrons. The van der Waals surface area contributed by atoms with Crippen molar-refractivity contribution in [3.63, 3.8) is 0 Å². The van der Waals surface area contributed by atoms with Crippen molar-refractivity contribution >= 4 is 11.8 Å². The van der Waals surface area contributed by atoms with Crippen LogP contribution in [-0.2, 0) is 9.59 Å². The lowest BCUT2D eigenvalue weighted by molar-refractivity contribution is -0.919. The Morgan fingerprint density at radius 3 is 2.00 bits per heavy atom.